The second-order valence-electron chi connectivity index (χ2n) is 9.61. The fourth-order valence-electron chi connectivity index (χ4n) is 4.75. The molecule has 1 fully saturated rings. The van der Waals surface area contributed by atoms with Crippen LogP contribution in [0.5, 0.6) is 0 Å². The molecule has 0 aromatic heterocycles. The van der Waals surface area contributed by atoms with Gasteiger partial charge in [-0.25, -0.2) is 9.59 Å². The number of carboxylic acid groups (broad SMARTS) is 2. The summed E-state index contributed by atoms with van der Waals surface area (Å²) in [5, 5.41) is 27.6. The second kappa shape index (κ2) is 17.1. The molecular formula is C31H42N2O5. The van der Waals surface area contributed by atoms with E-state index < -0.39 is 17.5 Å². The lowest BCUT2D eigenvalue weighted by Gasteiger charge is -2.42. The summed E-state index contributed by atoms with van der Waals surface area (Å²) >= 11 is 0. The lowest BCUT2D eigenvalue weighted by molar-refractivity contribution is -0.134. The number of rotatable bonds is 13. The fraction of sp³-hybridized carbons (Fsp3) is 0.452. The Kier molecular flexibility index (Phi) is 13.9. The smallest absolute Gasteiger partial charge is 0.328 e. The first kappa shape index (κ1) is 30.8. The first-order valence-corrected chi connectivity index (χ1v) is 13.6. The third kappa shape index (κ3) is 10.5. The highest BCUT2D eigenvalue weighted by Crippen LogP contribution is 2.41. The van der Waals surface area contributed by atoms with Gasteiger partial charge in [0.15, 0.2) is 0 Å². The van der Waals surface area contributed by atoms with Crippen molar-refractivity contribution in [3.63, 3.8) is 0 Å². The molecule has 0 spiro atoms. The Hall–Kier alpha value is -3.45. The molecule has 1 saturated heterocycles. The van der Waals surface area contributed by atoms with Crippen LogP contribution < -0.4 is 0 Å². The quantitative estimate of drug-likeness (QED) is 0.134. The second-order valence-corrected chi connectivity index (χ2v) is 9.61. The molecule has 0 atom stereocenters. The van der Waals surface area contributed by atoms with Gasteiger partial charge < -0.3 is 20.2 Å². The summed E-state index contributed by atoms with van der Waals surface area (Å²) in [7, 11) is 0. The molecule has 3 N–H and O–H groups in total. The molecule has 0 radical (unpaired) electrons. The van der Waals surface area contributed by atoms with Gasteiger partial charge in [-0.1, -0.05) is 99.7 Å². The van der Waals surface area contributed by atoms with Crippen molar-refractivity contribution in [1.82, 2.24) is 4.90 Å². The Morgan fingerprint density at radius 2 is 1.32 bits per heavy atom. The largest absolute Gasteiger partial charge is 0.478 e. The van der Waals surface area contributed by atoms with Crippen LogP contribution >= 0.6 is 0 Å². The molecule has 0 bridgehead atoms. The van der Waals surface area contributed by atoms with Crippen LogP contribution in [0.2, 0.25) is 0 Å². The van der Waals surface area contributed by atoms with Crippen LogP contribution in [0.25, 0.3) is 0 Å². The van der Waals surface area contributed by atoms with Crippen LogP contribution in [0.4, 0.5) is 0 Å². The van der Waals surface area contributed by atoms with Crippen molar-refractivity contribution in [2.24, 2.45) is 10.9 Å². The molecular weight excluding hydrogens is 480 g/mol. The number of piperidine rings is 1. The van der Waals surface area contributed by atoms with E-state index >= 15 is 0 Å². The number of nitrogens with zero attached hydrogens (tertiary/aromatic N) is 2. The van der Waals surface area contributed by atoms with E-state index in [1.807, 2.05) is 42.7 Å². The molecule has 0 saturated carbocycles. The van der Waals surface area contributed by atoms with E-state index in [9.17, 15) is 14.7 Å². The van der Waals surface area contributed by atoms with Gasteiger partial charge in [-0.05, 0) is 36.3 Å². The van der Waals surface area contributed by atoms with Crippen molar-refractivity contribution in [3.8, 4) is 0 Å². The van der Waals surface area contributed by atoms with Gasteiger partial charge in [-0.2, -0.15) is 0 Å². The number of aliphatic hydroxyl groups is 1. The van der Waals surface area contributed by atoms with Gasteiger partial charge >= 0.3 is 11.9 Å². The number of hydrogen-bond acceptors (Lipinski definition) is 4. The fourth-order valence-corrected chi connectivity index (χ4v) is 4.75. The van der Waals surface area contributed by atoms with Crippen molar-refractivity contribution < 1.29 is 24.9 Å². The van der Waals surface area contributed by atoms with Crippen LogP contribution in [0.1, 0.15) is 69.4 Å². The number of carbonyl (C=O) groups is 2. The van der Waals surface area contributed by atoms with Crippen LogP contribution in [0, 0.1) is 5.92 Å². The first-order chi connectivity index (χ1) is 18.4. The zero-order valence-corrected chi connectivity index (χ0v) is 22.4. The standard InChI is InChI=1S/C27H38N2O.C4H4O4/c1-2-3-4-5-6-13-20-28-23-29-21-18-26(19-22-29)27(30,24-14-9-7-10-15-24)25-16-11-8-12-17-25;5-3(6)1-2-4(7)8/h7-12,14-17,23,26,30H,2-6,13,18-22H2,1H3;1-2H,(H,5,6)(H,7,8). The average molecular weight is 523 g/mol. The van der Waals surface area contributed by atoms with Gasteiger partial charge in [-0.3, -0.25) is 4.99 Å². The predicted molar refractivity (Wildman–Crippen MR) is 151 cm³/mol. The van der Waals surface area contributed by atoms with Gasteiger partial charge in [0.25, 0.3) is 0 Å². The first-order valence-electron chi connectivity index (χ1n) is 13.6. The molecule has 206 valence electrons. The summed E-state index contributed by atoms with van der Waals surface area (Å²) in [6.07, 6.45) is 12.9. The monoisotopic (exact) mass is 522 g/mol. The highest BCUT2D eigenvalue weighted by molar-refractivity contribution is 5.89. The van der Waals surface area contributed by atoms with Crippen molar-refractivity contribution >= 4 is 18.3 Å². The van der Waals surface area contributed by atoms with Crippen LogP contribution in [0.15, 0.2) is 77.8 Å². The van der Waals surface area contributed by atoms with Crippen molar-refractivity contribution in [3.05, 3.63) is 83.9 Å². The lowest BCUT2D eigenvalue weighted by atomic mass is 9.72. The molecule has 1 aliphatic rings. The van der Waals surface area contributed by atoms with E-state index in [1.54, 1.807) is 0 Å². The number of aliphatic carboxylic acids is 2. The maximum Gasteiger partial charge on any atom is 0.328 e. The number of carboxylic acids is 2. The molecule has 0 amide bonds. The molecule has 0 unspecified atom stereocenters. The summed E-state index contributed by atoms with van der Waals surface area (Å²) in [5.41, 5.74) is 1.04. The Morgan fingerprint density at radius 3 is 1.79 bits per heavy atom. The van der Waals surface area contributed by atoms with E-state index in [4.69, 9.17) is 10.2 Å². The molecule has 2 aromatic rings. The molecule has 1 aliphatic heterocycles. The number of benzene rings is 2. The number of unbranched alkanes of at least 4 members (excludes halogenated alkanes) is 5. The summed E-state index contributed by atoms with van der Waals surface area (Å²) in [6.45, 7) is 5.09. The maximum atomic E-state index is 11.9. The van der Waals surface area contributed by atoms with Gasteiger partial charge in [0, 0.05) is 31.8 Å². The molecule has 1 heterocycles. The third-order valence-electron chi connectivity index (χ3n) is 6.80. The molecule has 2 aromatic carbocycles. The minimum Gasteiger partial charge on any atom is -0.478 e. The Bertz CT molecular complexity index is 944. The normalized spacial score (nSPS) is 14.4. The Morgan fingerprint density at radius 1 is 0.842 bits per heavy atom. The Balaban J connectivity index is 0.000000550. The SMILES string of the molecule is CCCCCCCCN=CN1CCC(C(O)(c2ccccc2)c2ccccc2)CC1.O=C(O)C=CC(=O)O. The highest BCUT2D eigenvalue weighted by Gasteiger charge is 2.41. The highest BCUT2D eigenvalue weighted by atomic mass is 16.4. The van der Waals surface area contributed by atoms with Gasteiger partial charge in [0.1, 0.15) is 5.60 Å². The number of hydrogen-bond donors (Lipinski definition) is 3. The van der Waals surface area contributed by atoms with E-state index in [0.29, 0.717) is 12.2 Å². The van der Waals surface area contributed by atoms with Crippen LogP contribution in [-0.4, -0.2) is 58.1 Å². The van der Waals surface area contributed by atoms with Crippen LogP contribution in [-0.2, 0) is 15.2 Å². The van der Waals surface area contributed by atoms with Gasteiger partial charge in [-0.15, -0.1) is 0 Å². The van der Waals surface area contributed by atoms with E-state index in [1.165, 1.54) is 38.5 Å². The lowest BCUT2D eigenvalue weighted by Crippen LogP contribution is -2.43. The number of aliphatic imine (C=N–C) groups is 1. The Labute approximate surface area is 226 Å². The van der Waals surface area contributed by atoms with Crippen molar-refractivity contribution in [2.45, 2.75) is 63.9 Å². The van der Waals surface area contributed by atoms with E-state index in [-0.39, 0.29) is 5.92 Å². The van der Waals surface area contributed by atoms with Crippen LogP contribution in [0.3, 0.4) is 0 Å². The third-order valence-corrected chi connectivity index (χ3v) is 6.80. The van der Waals surface area contributed by atoms with E-state index in [0.717, 1.165) is 43.6 Å². The zero-order valence-electron chi connectivity index (χ0n) is 22.4. The molecule has 7 heteroatoms. The minimum absolute atomic E-state index is 0.200. The average Bonchev–Trinajstić information content (AvgIpc) is 2.94. The summed E-state index contributed by atoms with van der Waals surface area (Å²) in [6, 6.07) is 20.3. The summed E-state index contributed by atoms with van der Waals surface area (Å²) < 4.78 is 0. The van der Waals surface area contributed by atoms with Gasteiger partial charge in [0.05, 0.1) is 6.34 Å². The minimum atomic E-state index is -1.26. The van der Waals surface area contributed by atoms with Crippen molar-refractivity contribution in [1.29, 1.82) is 0 Å². The molecule has 38 heavy (non-hydrogen) atoms. The number of likely N-dealkylation sites (tertiary alicyclic amines) is 1. The molecule has 7 nitrogen and oxygen atoms in total. The van der Waals surface area contributed by atoms with Crippen molar-refractivity contribution in [2.75, 3.05) is 19.6 Å². The molecule has 0 aliphatic carbocycles. The summed E-state index contributed by atoms with van der Waals surface area (Å²) in [5.74, 6) is -2.31. The maximum absolute atomic E-state index is 11.9. The van der Waals surface area contributed by atoms with E-state index in [2.05, 4.69) is 41.1 Å². The van der Waals surface area contributed by atoms with Gasteiger partial charge in [0.2, 0.25) is 0 Å². The molecule has 3 rings (SSSR count). The summed E-state index contributed by atoms with van der Waals surface area (Å²) in [4.78, 5) is 26.1. The predicted octanol–water partition coefficient (Wildman–Crippen LogP) is 5.74. The topological polar surface area (TPSA) is 110 Å². The zero-order chi connectivity index (χ0) is 27.6.